The summed E-state index contributed by atoms with van der Waals surface area (Å²) in [7, 11) is 0. The maximum Gasteiger partial charge on any atom is 0.284 e. The van der Waals surface area contributed by atoms with Crippen LogP contribution in [0.4, 0.5) is 0 Å². The van der Waals surface area contributed by atoms with E-state index in [1.54, 1.807) is 0 Å². The van der Waals surface area contributed by atoms with Crippen molar-refractivity contribution in [2.45, 2.75) is 109 Å². The fourth-order valence-electron chi connectivity index (χ4n) is 8.05. The zero-order valence-corrected chi connectivity index (χ0v) is 22.7. The Hall–Kier alpha value is -1.94. The summed E-state index contributed by atoms with van der Waals surface area (Å²) < 4.78 is 0. The maximum absolute atomic E-state index is 13.6. The van der Waals surface area contributed by atoms with Crippen molar-refractivity contribution < 1.29 is 4.79 Å². The molecule has 0 aliphatic heterocycles. The highest BCUT2D eigenvalue weighted by Crippen LogP contribution is 2.61. The van der Waals surface area contributed by atoms with Gasteiger partial charge in [0.05, 0.1) is 5.52 Å². The average molecular weight is 490 g/mol. The first kappa shape index (κ1) is 25.7. The number of para-hydroxylation sites is 1. The van der Waals surface area contributed by atoms with Crippen molar-refractivity contribution in [2.75, 3.05) is 13.1 Å². The number of hydrogen-bond donors (Lipinski definition) is 1. The van der Waals surface area contributed by atoms with Gasteiger partial charge in [-0.1, -0.05) is 70.6 Å². The van der Waals surface area contributed by atoms with E-state index in [4.69, 9.17) is 4.98 Å². The first-order chi connectivity index (χ1) is 17.6. The first-order valence-corrected chi connectivity index (χ1v) is 15.1. The van der Waals surface area contributed by atoms with Gasteiger partial charge in [-0.3, -0.25) is 10.2 Å². The third-order valence-electron chi connectivity index (χ3n) is 9.38. The SMILES string of the molecule is CCCCCCN(CCCCCC)NC(=O)c1cc(C23CC4CC(CC(C4)C2)C3)c2ccccc2n1. The number of amides is 1. The van der Waals surface area contributed by atoms with Gasteiger partial charge >= 0.3 is 0 Å². The molecule has 36 heavy (non-hydrogen) atoms. The molecule has 4 bridgehead atoms. The highest BCUT2D eigenvalue weighted by atomic mass is 16.2. The number of rotatable bonds is 13. The molecule has 0 unspecified atom stereocenters. The summed E-state index contributed by atoms with van der Waals surface area (Å²) >= 11 is 0. The number of unbranched alkanes of at least 4 members (excludes halogenated alkanes) is 6. The number of benzene rings is 1. The summed E-state index contributed by atoms with van der Waals surface area (Å²) in [6.45, 7) is 6.34. The summed E-state index contributed by atoms with van der Waals surface area (Å²) in [4.78, 5) is 18.5. The lowest BCUT2D eigenvalue weighted by molar-refractivity contribution is -0.00454. The highest BCUT2D eigenvalue weighted by Gasteiger charge is 2.52. The highest BCUT2D eigenvalue weighted by molar-refractivity contribution is 5.96. The lowest BCUT2D eigenvalue weighted by Gasteiger charge is -2.57. The lowest BCUT2D eigenvalue weighted by Crippen LogP contribution is -2.49. The second-order valence-corrected chi connectivity index (χ2v) is 12.3. The molecular weight excluding hydrogens is 442 g/mol. The van der Waals surface area contributed by atoms with E-state index in [1.165, 1.54) is 88.0 Å². The van der Waals surface area contributed by atoms with Gasteiger partial charge in [-0.05, 0) is 92.2 Å². The molecule has 196 valence electrons. The Labute approximate surface area is 218 Å². The molecule has 0 radical (unpaired) electrons. The van der Waals surface area contributed by atoms with Gasteiger partial charge in [0.2, 0.25) is 0 Å². The van der Waals surface area contributed by atoms with Gasteiger partial charge in [-0.2, -0.15) is 0 Å². The van der Waals surface area contributed by atoms with Crippen LogP contribution in [0.2, 0.25) is 0 Å². The molecule has 4 saturated carbocycles. The predicted molar refractivity (Wildman–Crippen MR) is 149 cm³/mol. The molecule has 4 aliphatic rings. The molecule has 1 aromatic carbocycles. The van der Waals surface area contributed by atoms with Crippen molar-refractivity contribution in [2.24, 2.45) is 17.8 Å². The molecule has 2 aromatic rings. The molecule has 1 amide bonds. The minimum absolute atomic E-state index is 0.0299. The Morgan fingerprint density at radius 3 is 2.06 bits per heavy atom. The van der Waals surface area contributed by atoms with Crippen LogP contribution in [0.25, 0.3) is 10.9 Å². The molecule has 4 nitrogen and oxygen atoms in total. The van der Waals surface area contributed by atoms with E-state index < -0.39 is 0 Å². The van der Waals surface area contributed by atoms with Gasteiger partial charge in [-0.25, -0.2) is 9.99 Å². The van der Waals surface area contributed by atoms with Crippen LogP contribution in [0.1, 0.15) is 120 Å². The van der Waals surface area contributed by atoms with E-state index in [0.717, 1.165) is 49.2 Å². The van der Waals surface area contributed by atoms with E-state index in [-0.39, 0.29) is 11.3 Å². The molecule has 4 fully saturated rings. The molecule has 0 spiro atoms. The van der Waals surface area contributed by atoms with Gasteiger partial charge in [0.1, 0.15) is 5.69 Å². The molecule has 0 saturated heterocycles. The zero-order valence-electron chi connectivity index (χ0n) is 22.7. The number of pyridine rings is 1. The van der Waals surface area contributed by atoms with E-state index in [9.17, 15) is 4.79 Å². The standard InChI is InChI=1S/C32H47N3O/c1-3-5-7-11-15-35(16-12-8-6-4-2)34-31(36)30-20-28(27-13-9-10-14-29(27)33-30)32-21-24-17-25(22-32)19-26(18-24)23-32/h9-10,13-14,20,24-26H,3-8,11-12,15-19,21-23H2,1-2H3,(H,34,36). The first-order valence-electron chi connectivity index (χ1n) is 15.1. The van der Waals surface area contributed by atoms with E-state index in [2.05, 4.69) is 54.6 Å². The lowest BCUT2D eigenvalue weighted by atomic mass is 9.48. The smallest absolute Gasteiger partial charge is 0.283 e. The maximum atomic E-state index is 13.6. The van der Waals surface area contributed by atoms with Crippen molar-refractivity contribution in [3.05, 3.63) is 41.6 Å². The number of hydrogen-bond acceptors (Lipinski definition) is 3. The summed E-state index contributed by atoms with van der Waals surface area (Å²) in [5.41, 5.74) is 6.52. The van der Waals surface area contributed by atoms with Crippen molar-refractivity contribution in [1.29, 1.82) is 0 Å². The molecule has 4 heteroatoms. The van der Waals surface area contributed by atoms with Gasteiger partial charge in [0.25, 0.3) is 5.91 Å². The minimum atomic E-state index is -0.0299. The summed E-state index contributed by atoms with van der Waals surface area (Å²) in [6, 6.07) is 10.7. The van der Waals surface area contributed by atoms with Crippen LogP contribution in [-0.4, -0.2) is 29.0 Å². The van der Waals surface area contributed by atoms with Crippen LogP contribution in [0.5, 0.6) is 0 Å². The number of carbonyl (C=O) groups excluding carboxylic acids is 1. The minimum Gasteiger partial charge on any atom is -0.283 e. The Morgan fingerprint density at radius 1 is 0.889 bits per heavy atom. The summed E-state index contributed by atoms with van der Waals surface area (Å²) in [5.74, 6) is 2.60. The van der Waals surface area contributed by atoms with Gasteiger partial charge in [0, 0.05) is 18.5 Å². The van der Waals surface area contributed by atoms with Crippen molar-refractivity contribution in [1.82, 2.24) is 15.4 Å². The molecular formula is C32H47N3O. The van der Waals surface area contributed by atoms with Crippen LogP contribution in [-0.2, 0) is 5.41 Å². The van der Waals surface area contributed by atoms with Crippen LogP contribution < -0.4 is 5.43 Å². The van der Waals surface area contributed by atoms with Crippen LogP contribution in [0, 0.1) is 17.8 Å². The monoisotopic (exact) mass is 489 g/mol. The molecule has 1 aromatic heterocycles. The van der Waals surface area contributed by atoms with Crippen LogP contribution >= 0.6 is 0 Å². The normalized spacial score (nSPS) is 26.7. The molecule has 1 heterocycles. The Bertz CT molecular complexity index is 984. The summed E-state index contributed by atoms with van der Waals surface area (Å²) in [5, 5.41) is 3.45. The summed E-state index contributed by atoms with van der Waals surface area (Å²) in [6.07, 6.45) is 17.9. The third kappa shape index (κ3) is 5.64. The van der Waals surface area contributed by atoms with Crippen LogP contribution in [0.3, 0.4) is 0 Å². The molecule has 1 N–H and O–H groups in total. The van der Waals surface area contributed by atoms with Gasteiger partial charge in [0.15, 0.2) is 0 Å². The molecule has 0 atom stereocenters. The third-order valence-corrected chi connectivity index (χ3v) is 9.38. The number of carbonyl (C=O) groups is 1. The fraction of sp³-hybridized carbons (Fsp3) is 0.688. The number of aromatic nitrogens is 1. The quantitative estimate of drug-likeness (QED) is 0.230. The van der Waals surface area contributed by atoms with Gasteiger partial charge < -0.3 is 0 Å². The second-order valence-electron chi connectivity index (χ2n) is 12.3. The van der Waals surface area contributed by atoms with E-state index in [1.807, 2.05) is 0 Å². The second kappa shape index (κ2) is 11.6. The Morgan fingerprint density at radius 2 is 1.47 bits per heavy atom. The van der Waals surface area contributed by atoms with Crippen molar-refractivity contribution >= 4 is 16.8 Å². The van der Waals surface area contributed by atoms with Gasteiger partial charge in [-0.15, -0.1) is 0 Å². The predicted octanol–water partition coefficient (Wildman–Crippen LogP) is 7.81. The largest absolute Gasteiger partial charge is 0.284 e. The fourth-order valence-corrected chi connectivity index (χ4v) is 8.05. The topological polar surface area (TPSA) is 45.2 Å². The number of fused-ring (bicyclic) bond motifs is 1. The average Bonchev–Trinajstić information content (AvgIpc) is 2.87. The van der Waals surface area contributed by atoms with Crippen LogP contribution in [0.15, 0.2) is 30.3 Å². The number of nitrogens with one attached hydrogen (secondary N) is 1. The Balaban J connectivity index is 1.38. The van der Waals surface area contributed by atoms with Crippen molar-refractivity contribution in [3.8, 4) is 0 Å². The van der Waals surface area contributed by atoms with Crippen molar-refractivity contribution in [3.63, 3.8) is 0 Å². The van der Waals surface area contributed by atoms with E-state index in [0.29, 0.717) is 5.69 Å². The molecule has 4 aliphatic carbocycles. The Kier molecular flexibility index (Phi) is 8.30. The molecule has 6 rings (SSSR count). The number of hydrazine groups is 1. The zero-order chi connectivity index (χ0) is 25.0. The van der Waals surface area contributed by atoms with E-state index >= 15 is 0 Å². The number of nitrogens with zero attached hydrogens (tertiary/aromatic N) is 2.